The Bertz CT molecular complexity index is 828. The number of hydrogen-bond acceptors (Lipinski definition) is 3. The van der Waals surface area contributed by atoms with E-state index in [2.05, 4.69) is 10.6 Å². The maximum Gasteiger partial charge on any atom is 0.239 e. The predicted octanol–water partition coefficient (Wildman–Crippen LogP) is 4.52. The van der Waals surface area contributed by atoms with E-state index in [-0.39, 0.29) is 12.5 Å². The Morgan fingerprint density at radius 1 is 0.846 bits per heavy atom. The molecule has 3 aromatic rings. The van der Waals surface area contributed by atoms with Gasteiger partial charge in [0, 0.05) is 12.2 Å². The Morgan fingerprint density at radius 2 is 1.50 bits per heavy atom. The highest BCUT2D eigenvalue weighted by Crippen LogP contribution is 2.22. The molecule has 4 heteroatoms. The van der Waals surface area contributed by atoms with Crippen LogP contribution in [0.2, 0.25) is 0 Å². The van der Waals surface area contributed by atoms with Crippen molar-refractivity contribution in [2.75, 3.05) is 11.9 Å². The molecule has 0 atom stereocenters. The van der Waals surface area contributed by atoms with Gasteiger partial charge in [0.15, 0.2) is 0 Å². The number of carbonyl (C=O) groups is 1. The molecule has 0 fully saturated rings. The molecule has 2 N–H and O–H groups in total. The van der Waals surface area contributed by atoms with Crippen molar-refractivity contribution in [3.63, 3.8) is 0 Å². The second-order valence-electron chi connectivity index (χ2n) is 6.06. The van der Waals surface area contributed by atoms with Gasteiger partial charge in [0.1, 0.15) is 11.5 Å². The van der Waals surface area contributed by atoms with Gasteiger partial charge >= 0.3 is 0 Å². The van der Waals surface area contributed by atoms with E-state index in [0.29, 0.717) is 6.54 Å². The lowest BCUT2D eigenvalue weighted by molar-refractivity contribution is -0.119. The number of ether oxygens (including phenoxy) is 1. The van der Waals surface area contributed by atoms with E-state index in [4.69, 9.17) is 4.74 Å². The molecular weight excluding hydrogens is 324 g/mol. The number of para-hydroxylation sites is 1. The molecule has 132 valence electrons. The summed E-state index contributed by atoms with van der Waals surface area (Å²) < 4.78 is 5.75. The standard InChI is InChI=1S/C22H22N2O2/c1-17-7-9-18(10-8-17)15-24-22(25)16-23-19-11-13-21(14-12-19)26-20-5-3-2-4-6-20/h2-14,23H,15-16H2,1H3,(H,24,25). The Kier molecular flexibility index (Phi) is 5.88. The highest BCUT2D eigenvalue weighted by Gasteiger charge is 2.02. The first kappa shape index (κ1) is 17.5. The molecule has 0 heterocycles. The Hall–Kier alpha value is -3.27. The summed E-state index contributed by atoms with van der Waals surface area (Å²) in [6.45, 7) is 2.80. The number of hydrogen-bond donors (Lipinski definition) is 2. The lowest BCUT2D eigenvalue weighted by Gasteiger charge is -2.09. The van der Waals surface area contributed by atoms with Crippen LogP contribution in [0.25, 0.3) is 0 Å². The van der Waals surface area contributed by atoms with Gasteiger partial charge in [-0.2, -0.15) is 0 Å². The summed E-state index contributed by atoms with van der Waals surface area (Å²) in [6, 6.07) is 25.3. The average molecular weight is 346 g/mol. The summed E-state index contributed by atoms with van der Waals surface area (Å²) >= 11 is 0. The number of anilines is 1. The molecule has 3 rings (SSSR count). The quantitative estimate of drug-likeness (QED) is 0.661. The first-order valence-electron chi connectivity index (χ1n) is 8.58. The average Bonchev–Trinajstić information content (AvgIpc) is 2.68. The van der Waals surface area contributed by atoms with Crippen LogP contribution in [0, 0.1) is 6.92 Å². The largest absolute Gasteiger partial charge is 0.457 e. The lowest BCUT2D eigenvalue weighted by atomic mass is 10.1. The molecule has 4 nitrogen and oxygen atoms in total. The summed E-state index contributed by atoms with van der Waals surface area (Å²) in [6.07, 6.45) is 0. The summed E-state index contributed by atoms with van der Waals surface area (Å²) in [5, 5.41) is 6.02. The van der Waals surface area contributed by atoms with Gasteiger partial charge in [0.05, 0.1) is 6.54 Å². The van der Waals surface area contributed by atoms with Crippen LogP contribution in [-0.2, 0) is 11.3 Å². The van der Waals surface area contributed by atoms with Crippen molar-refractivity contribution >= 4 is 11.6 Å². The zero-order valence-electron chi connectivity index (χ0n) is 14.7. The first-order valence-corrected chi connectivity index (χ1v) is 8.58. The van der Waals surface area contributed by atoms with E-state index < -0.39 is 0 Å². The van der Waals surface area contributed by atoms with Gasteiger partial charge in [-0.1, -0.05) is 48.0 Å². The van der Waals surface area contributed by atoms with Crippen LogP contribution in [0.15, 0.2) is 78.9 Å². The van der Waals surface area contributed by atoms with Gasteiger partial charge in [-0.25, -0.2) is 0 Å². The topological polar surface area (TPSA) is 50.4 Å². The Balaban J connectivity index is 1.44. The number of rotatable bonds is 7. The van der Waals surface area contributed by atoms with Crippen LogP contribution in [0.3, 0.4) is 0 Å². The minimum atomic E-state index is -0.0461. The first-order chi connectivity index (χ1) is 12.7. The smallest absolute Gasteiger partial charge is 0.239 e. The number of amides is 1. The van der Waals surface area contributed by atoms with Crippen molar-refractivity contribution < 1.29 is 9.53 Å². The minimum Gasteiger partial charge on any atom is -0.457 e. The van der Waals surface area contributed by atoms with Gasteiger partial charge in [0.2, 0.25) is 5.91 Å². The van der Waals surface area contributed by atoms with Crippen LogP contribution in [0.1, 0.15) is 11.1 Å². The number of nitrogens with one attached hydrogen (secondary N) is 2. The molecule has 0 aromatic heterocycles. The van der Waals surface area contributed by atoms with Crippen molar-refractivity contribution in [3.8, 4) is 11.5 Å². The van der Waals surface area contributed by atoms with Gasteiger partial charge in [-0.05, 0) is 48.9 Å². The summed E-state index contributed by atoms with van der Waals surface area (Å²) in [7, 11) is 0. The predicted molar refractivity (Wildman–Crippen MR) is 104 cm³/mol. The fourth-order valence-corrected chi connectivity index (χ4v) is 2.42. The zero-order valence-corrected chi connectivity index (χ0v) is 14.7. The van der Waals surface area contributed by atoms with Crippen molar-refractivity contribution in [2.24, 2.45) is 0 Å². The molecule has 0 saturated heterocycles. The Labute approximate surface area is 153 Å². The van der Waals surface area contributed by atoms with Crippen LogP contribution in [0.5, 0.6) is 11.5 Å². The maximum atomic E-state index is 12.0. The molecule has 0 aliphatic heterocycles. The van der Waals surface area contributed by atoms with E-state index >= 15 is 0 Å². The van der Waals surface area contributed by atoms with Crippen molar-refractivity contribution in [2.45, 2.75) is 13.5 Å². The maximum absolute atomic E-state index is 12.0. The van der Waals surface area contributed by atoms with Gasteiger partial charge in [-0.3, -0.25) is 4.79 Å². The third-order valence-electron chi connectivity index (χ3n) is 3.90. The van der Waals surface area contributed by atoms with Crippen molar-refractivity contribution in [1.29, 1.82) is 0 Å². The molecule has 1 amide bonds. The second-order valence-corrected chi connectivity index (χ2v) is 6.06. The third kappa shape index (κ3) is 5.38. The van der Waals surface area contributed by atoms with E-state index in [1.165, 1.54) is 5.56 Å². The van der Waals surface area contributed by atoms with Crippen molar-refractivity contribution in [1.82, 2.24) is 5.32 Å². The monoisotopic (exact) mass is 346 g/mol. The molecule has 0 unspecified atom stereocenters. The van der Waals surface area contributed by atoms with Crippen molar-refractivity contribution in [3.05, 3.63) is 90.0 Å². The Morgan fingerprint density at radius 3 is 2.19 bits per heavy atom. The molecule has 26 heavy (non-hydrogen) atoms. The minimum absolute atomic E-state index is 0.0461. The van der Waals surface area contributed by atoms with Gasteiger partial charge < -0.3 is 15.4 Å². The van der Waals surface area contributed by atoms with E-state index in [9.17, 15) is 4.79 Å². The van der Waals surface area contributed by atoms with Gasteiger partial charge in [-0.15, -0.1) is 0 Å². The third-order valence-corrected chi connectivity index (χ3v) is 3.90. The number of benzene rings is 3. The molecule has 0 radical (unpaired) electrons. The second kappa shape index (κ2) is 8.72. The van der Waals surface area contributed by atoms with E-state index in [0.717, 1.165) is 22.7 Å². The molecular formula is C22H22N2O2. The molecule has 0 saturated carbocycles. The fourth-order valence-electron chi connectivity index (χ4n) is 2.42. The summed E-state index contributed by atoms with van der Waals surface area (Å²) in [5.74, 6) is 1.50. The van der Waals surface area contributed by atoms with Crippen LogP contribution >= 0.6 is 0 Å². The molecule has 0 aliphatic rings. The van der Waals surface area contributed by atoms with E-state index in [1.807, 2.05) is 85.8 Å². The number of aryl methyl sites for hydroxylation is 1. The SMILES string of the molecule is Cc1ccc(CNC(=O)CNc2ccc(Oc3ccccc3)cc2)cc1. The highest BCUT2D eigenvalue weighted by molar-refractivity contribution is 5.80. The normalized spacial score (nSPS) is 10.2. The van der Waals surface area contributed by atoms with E-state index in [1.54, 1.807) is 0 Å². The molecule has 0 bridgehead atoms. The number of carbonyl (C=O) groups excluding carboxylic acids is 1. The zero-order chi connectivity index (χ0) is 18.2. The lowest BCUT2D eigenvalue weighted by Crippen LogP contribution is -2.29. The summed E-state index contributed by atoms with van der Waals surface area (Å²) in [4.78, 5) is 12.0. The summed E-state index contributed by atoms with van der Waals surface area (Å²) in [5.41, 5.74) is 3.17. The molecule has 3 aromatic carbocycles. The van der Waals surface area contributed by atoms with Gasteiger partial charge in [0.25, 0.3) is 0 Å². The highest BCUT2D eigenvalue weighted by atomic mass is 16.5. The van der Waals surface area contributed by atoms with Crippen LogP contribution in [0.4, 0.5) is 5.69 Å². The molecule has 0 aliphatic carbocycles. The fraction of sp³-hybridized carbons (Fsp3) is 0.136. The van der Waals surface area contributed by atoms with Crippen LogP contribution < -0.4 is 15.4 Å². The van der Waals surface area contributed by atoms with Crippen LogP contribution in [-0.4, -0.2) is 12.5 Å². The molecule has 0 spiro atoms.